The summed E-state index contributed by atoms with van der Waals surface area (Å²) >= 11 is 0. The van der Waals surface area contributed by atoms with Gasteiger partial charge in [0.25, 0.3) is 5.91 Å². The number of carbonyl (C=O) groups is 1. The highest BCUT2D eigenvalue weighted by Gasteiger charge is 2.18. The summed E-state index contributed by atoms with van der Waals surface area (Å²) in [5.74, 6) is -0.283. The first kappa shape index (κ1) is 15.5. The quantitative estimate of drug-likeness (QED) is 0.804. The SMILES string of the molecule is Cc1ccc(-n2ccc(C#N)c2C(=O)NCc2ccncc2)cc1. The second-order valence-electron chi connectivity index (χ2n) is 5.43. The minimum absolute atomic E-state index is 0.283. The Bertz CT molecular complexity index is 889. The summed E-state index contributed by atoms with van der Waals surface area (Å²) in [5.41, 5.74) is 3.62. The van der Waals surface area contributed by atoms with Crippen LogP contribution >= 0.6 is 0 Å². The fourth-order valence-corrected chi connectivity index (χ4v) is 2.44. The average Bonchev–Trinajstić information content (AvgIpc) is 3.05. The van der Waals surface area contributed by atoms with Crippen molar-refractivity contribution < 1.29 is 4.79 Å². The third kappa shape index (κ3) is 3.18. The van der Waals surface area contributed by atoms with E-state index < -0.39 is 0 Å². The van der Waals surface area contributed by atoms with Gasteiger partial charge in [-0.25, -0.2) is 0 Å². The fourth-order valence-electron chi connectivity index (χ4n) is 2.44. The van der Waals surface area contributed by atoms with Crippen molar-refractivity contribution in [3.05, 3.63) is 83.4 Å². The van der Waals surface area contributed by atoms with E-state index in [0.717, 1.165) is 16.8 Å². The third-order valence-electron chi connectivity index (χ3n) is 3.74. The monoisotopic (exact) mass is 316 g/mol. The number of nitriles is 1. The van der Waals surface area contributed by atoms with Gasteiger partial charge in [-0.05, 0) is 42.8 Å². The number of nitrogens with one attached hydrogen (secondary N) is 1. The van der Waals surface area contributed by atoms with Crippen LogP contribution in [0.5, 0.6) is 0 Å². The number of aryl methyl sites for hydroxylation is 1. The second kappa shape index (κ2) is 6.80. The second-order valence-corrected chi connectivity index (χ2v) is 5.43. The molecule has 0 saturated heterocycles. The Morgan fingerprint density at radius 1 is 1.17 bits per heavy atom. The van der Waals surface area contributed by atoms with Crippen LogP contribution in [0.1, 0.15) is 27.2 Å². The zero-order valence-electron chi connectivity index (χ0n) is 13.2. The fraction of sp³-hybridized carbons (Fsp3) is 0.105. The predicted molar refractivity (Wildman–Crippen MR) is 90.6 cm³/mol. The highest BCUT2D eigenvalue weighted by Crippen LogP contribution is 2.18. The first-order valence-electron chi connectivity index (χ1n) is 7.54. The molecule has 0 fully saturated rings. The summed E-state index contributed by atoms with van der Waals surface area (Å²) in [5, 5.41) is 12.2. The molecule has 0 spiro atoms. The third-order valence-corrected chi connectivity index (χ3v) is 3.74. The van der Waals surface area contributed by atoms with Gasteiger partial charge in [0.05, 0.1) is 5.56 Å². The van der Waals surface area contributed by atoms with Gasteiger partial charge in [0.1, 0.15) is 11.8 Å². The molecule has 0 saturated carbocycles. The molecule has 1 amide bonds. The van der Waals surface area contributed by atoms with Gasteiger partial charge in [0, 0.05) is 30.8 Å². The number of rotatable bonds is 4. The van der Waals surface area contributed by atoms with Gasteiger partial charge in [0.15, 0.2) is 0 Å². The van der Waals surface area contributed by atoms with E-state index in [1.54, 1.807) is 29.2 Å². The van der Waals surface area contributed by atoms with Crippen LogP contribution in [-0.2, 0) is 6.54 Å². The maximum absolute atomic E-state index is 12.6. The molecule has 3 aromatic rings. The Morgan fingerprint density at radius 3 is 2.54 bits per heavy atom. The molecule has 2 heterocycles. The lowest BCUT2D eigenvalue weighted by Crippen LogP contribution is -2.26. The molecule has 0 aliphatic rings. The van der Waals surface area contributed by atoms with E-state index in [1.807, 2.05) is 43.3 Å². The largest absolute Gasteiger partial charge is 0.347 e. The molecular formula is C19H16N4O. The van der Waals surface area contributed by atoms with E-state index >= 15 is 0 Å². The van der Waals surface area contributed by atoms with E-state index in [1.165, 1.54) is 0 Å². The molecule has 24 heavy (non-hydrogen) atoms. The number of carbonyl (C=O) groups excluding carboxylic acids is 1. The highest BCUT2D eigenvalue weighted by atomic mass is 16.1. The molecule has 1 N–H and O–H groups in total. The zero-order valence-corrected chi connectivity index (χ0v) is 13.2. The van der Waals surface area contributed by atoms with Crippen LogP contribution in [0.15, 0.2) is 61.1 Å². The maximum Gasteiger partial charge on any atom is 0.269 e. The lowest BCUT2D eigenvalue weighted by molar-refractivity contribution is 0.0944. The molecule has 0 unspecified atom stereocenters. The minimum Gasteiger partial charge on any atom is -0.347 e. The predicted octanol–water partition coefficient (Wildman–Crippen LogP) is 2.98. The number of pyridine rings is 1. The average molecular weight is 316 g/mol. The number of benzene rings is 1. The number of hydrogen-bond acceptors (Lipinski definition) is 3. The summed E-state index contributed by atoms with van der Waals surface area (Å²) in [6.45, 7) is 2.38. The van der Waals surface area contributed by atoms with Gasteiger partial charge in [-0.15, -0.1) is 0 Å². The van der Waals surface area contributed by atoms with Crippen molar-refractivity contribution >= 4 is 5.91 Å². The van der Waals surface area contributed by atoms with Crippen molar-refractivity contribution in [3.63, 3.8) is 0 Å². The van der Waals surface area contributed by atoms with Crippen molar-refractivity contribution in [2.24, 2.45) is 0 Å². The molecular weight excluding hydrogens is 300 g/mol. The molecule has 3 rings (SSSR count). The molecule has 0 atom stereocenters. The standard InChI is InChI=1S/C19H16N4O/c1-14-2-4-17(5-3-14)23-11-8-16(12-20)18(23)19(24)22-13-15-6-9-21-10-7-15/h2-11H,13H2,1H3,(H,22,24). The summed E-state index contributed by atoms with van der Waals surface area (Å²) in [6, 6.07) is 15.2. The first-order chi connectivity index (χ1) is 11.7. The van der Waals surface area contributed by atoms with Crippen LogP contribution in [0, 0.1) is 18.3 Å². The van der Waals surface area contributed by atoms with Gasteiger partial charge in [-0.2, -0.15) is 5.26 Å². The van der Waals surface area contributed by atoms with Gasteiger partial charge < -0.3 is 9.88 Å². The van der Waals surface area contributed by atoms with E-state index in [2.05, 4.69) is 16.4 Å². The van der Waals surface area contributed by atoms with Gasteiger partial charge in [0.2, 0.25) is 0 Å². The first-order valence-corrected chi connectivity index (χ1v) is 7.54. The van der Waals surface area contributed by atoms with Gasteiger partial charge >= 0.3 is 0 Å². The Morgan fingerprint density at radius 2 is 1.88 bits per heavy atom. The Kier molecular flexibility index (Phi) is 4.39. The van der Waals surface area contributed by atoms with Crippen molar-refractivity contribution in [2.75, 3.05) is 0 Å². The van der Waals surface area contributed by atoms with Crippen LogP contribution in [-0.4, -0.2) is 15.5 Å². The van der Waals surface area contributed by atoms with Crippen molar-refractivity contribution in [1.29, 1.82) is 5.26 Å². The van der Waals surface area contributed by atoms with Crippen LogP contribution in [0.25, 0.3) is 5.69 Å². The lowest BCUT2D eigenvalue weighted by atomic mass is 10.2. The topological polar surface area (TPSA) is 70.7 Å². The van der Waals surface area contributed by atoms with E-state index in [0.29, 0.717) is 17.8 Å². The maximum atomic E-state index is 12.6. The Balaban J connectivity index is 1.89. The molecule has 0 aliphatic carbocycles. The minimum atomic E-state index is -0.283. The summed E-state index contributed by atoms with van der Waals surface area (Å²) in [6.07, 6.45) is 5.10. The van der Waals surface area contributed by atoms with Gasteiger partial charge in [-0.1, -0.05) is 17.7 Å². The van der Waals surface area contributed by atoms with E-state index in [4.69, 9.17) is 0 Å². The summed E-state index contributed by atoms with van der Waals surface area (Å²) in [4.78, 5) is 16.6. The molecule has 0 bridgehead atoms. The number of aromatic nitrogens is 2. The number of hydrogen-bond donors (Lipinski definition) is 1. The van der Waals surface area contributed by atoms with Crippen LogP contribution in [0.3, 0.4) is 0 Å². The number of amides is 1. The lowest BCUT2D eigenvalue weighted by Gasteiger charge is -2.11. The summed E-state index contributed by atoms with van der Waals surface area (Å²) in [7, 11) is 0. The van der Waals surface area contributed by atoms with E-state index in [-0.39, 0.29) is 5.91 Å². The van der Waals surface area contributed by atoms with Crippen LogP contribution < -0.4 is 5.32 Å². The normalized spacial score (nSPS) is 10.2. The zero-order chi connectivity index (χ0) is 16.9. The molecule has 5 nitrogen and oxygen atoms in total. The highest BCUT2D eigenvalue weighted by molar-refractivity contribution is 5.95. The summed E-state index contributed by atoms with van der Waals surface area (Å²) < 4.78 is 1.74. The molecule has 0 aliphatic heterocycles. The molecule has 118 valence electrons. The Labute approximate surface area is 140 Å². The van der Waals surface area contributed by atoms with Crippen molar-refractivity contribution in [1.82, 2.24) is 14.9 Å². The van der Waals surface area contributed by atoms with Crippen LogP contribution in [0.2, 0.25) is 0 Å². The van der Waals surface area contributed by atoms with Crippen molar-refractivity contribution in [2.45, 2.75) is 13.5 Å². The van der Waals surface area contributed by atoms with Crippen LogP contribution in [0.4, 0.5) is 0 Å². The molecule has 2 aromatic heterocycles. The van der Waals surface area contributed by atoms with Crippen molar-refractivity contribution in [3.8, 4) is 11.8 Å². The molecule has 5 heteroatoms. The molecule has 0 radical (unpaired) electrons. The van der Waals surface area contributed by atoms with Gasteiger partial charge in [-0.3, -0.25) is 9.78 Å². The molecule has 1 aromatic carbocycles. The smallest absolute Gasteiger partial charge is 0.269 e. The van der Waals surface area contributed by atoms with E-state index in [9.17, 15) is 10.1 Å². The number of nitrogens with zero attached hydrogens (tertiary/aromatic N) is 3. The Hall–Kier alpha value is -3.39.